The Bertz CT molecular complexity index is 395. The van der Waals surface area contributed by atoms with Gasteiger partial charge in [-0.25, -0.2) is 9.97 Å². The number of aromatic nitrogens is 2. The molecule has 1 aliphatic carbocycles. The van der Waals surface area contributed by atoms with Crippen molar-refractivity contribution in [3.05, 3.63) is 23.3 Å². The highest BCUT2D eigenvalue weighted by atomic mass is 16.5. The Morgan fingerprint density at radius 2 is 2.33 bits per heavy atom. The van der Waals surface area contributed by atoms with E-state index in [2.05, 4.69) is 17.2 Å². The zero-order valence-electron chi connectivity index (χ0n) is 11.6. The van der Waals surface area contributed by atoms with E-state index >= 15 is 0 Å². The van der Waals surface area contributed by atoms with Crippen LogP contribution < -0.4 is 5.32 Å². The fourth-order valence-electron chi connectivity index (χ4n) is 2.49. The first-order valence-electron chi connectivity index (χ1n) is 6.88. The summed E-state index contributed by atoms with van der Waals surface area (Å²) in [4.78, 5) is 9.16. The first kappa shape index (κ1) is 13.4. The summed E-state index contributed by atoms with van der Waals surface area (Å²) in [6.07, 6.45) is 6.67. The van der Waals surface area contributed by atoms with Gasteiger partial charge in [0, 0.05) is 30.6 Å². The minimum atomic E-state index is -0.0314. The molecule has 0 saturated heterocycles. The maximum absolute atomic E-state index is 5.29. The van der Waals surface area contributed by atoms with E-state index in [0.717, 1.165) is 18.8 Å². The number of hydrogen-bond acceptors (Lipinski definition) is 4. The zero-order valence-corrected chi connectivity index (χ0v) is 11.6. The van der Waals surface area contributed by atoms with Gasteiger partial charge >= 0.3 is 0 Å². The van der Waals surface area contributed by atoms with Gasteiger partial charge in [-0.1, -0.05) is 13.3 Å². The van der Waals surface area contributed by atoms with E-state index in [1.807, 2.05) is 13.1 Å². The van der Waals surface area contributed by atoms with Crippen molar-refractivity contribution in [1.82, 2.24) is 15.3 Å². The molecular weight excluding hydrogens is 226 g/mol. The summed E-state index contributed by atoms with van der Waals surface area (Å²) in [5, 5.41) is 3.53. The predicted molar refractivity (Wildman–Crippen MR) is 71.4 cm³/mol. The number of nitrogens with zero attached hydrogens (tertiary/aromatic N) is 2. The van der Waals surface area contributed by atoms with Crippen molar-refractivity contribution in [2.24, 2.45) is 0 Å². The molecule has 0 aliphatic heterocycles. The molecule has 0 spiro atoms. The van der Waals surface area contributed by atoms with Crippen LogP contribution in [0.25, 0.3) is 0 Å². The lowest BCUT2D eigenvalue weighted by Crippen LogP contribution is -2.22. The Balaban J connectivity index is 2.30. The summed E-state index contributed by atoms with van der Waals surface area (Å²) in [7, 11) is 1.70. The first-order chi connectivity index (χ1) is 8.76. The molecular formula is C14H23N3O. The van der Waals surface area contributed by atoms with Gasteiger partial charge in [-0.2, -0.15) is 0 Å². The molecule has 0 radical (unpaired) electrons. The van der Waals surface area contributed by atoms with Crippen LogP contribution in [0.4, 0.5) is 0 Å². The van der Waals surface area contributed by atoms with Crippen molar-refractivity contribution in [2.45, 2.75) is 51.7 Å². The van der Waals surface area contributed by atoms with Crippen LogP contribution in [0.15, 0.2) is 6.20 Å². The highest BCUT2D eigenvalue weighted by molar-refractivity contribution is 5.23. The molecule has 4 nitrogen and oxygen atoms in total. The van der Waals surface area contributed by atoms with Gasteiger partial charge < -0.3 is 10.1 Å². The number of hydrogen-bond donors (Lipinski definition) is 1. The van der Waals surface area contributed by atoms with Crippen LogP contribution in [0, 0.1) is 0 Å². The van der Waals surface area contributed by atoms with Crippen molar-refractivity contribution < 1.29 is 4.74 Å². The van der Waals surface area contributed by atoms with Crippen molar-refractivity contribution in [2.75, 3.05) is 13.7 Å². The summed E-state index contributed by atoms with van der Waals surface area (Å²) < 4.78 is 5.29. The lowest BCUT2D eigenvalue weighted by atomic mass is 10.0. The van der Waals surface area contributed by atoms with E-state index in [-0.39, 0.29) is 6.10 Å². The number of aryl methyl sites for hydroxylation is 1. The number of fused-ring (bicyclic) bond motifs is 1. The largest absolute Gasteiger partial charge is 0.374 e. The number of rotatable bonds is 4. The van der Waals surface area contributed by atoms with Gasteiger partial charge in [0.1, 0.15) is 6.10 Å². The van der Waals surface area contributed by atoms with Crippen molar-refractivity contribution >= 4 is 0 Å². The molecule has 0 fully saturated rings. The van der Waals surface area contributed by atoms with E-state index in [9.17, 15) is 0 Å². The van der Waals surface area contributed by atoms with Gasteiger partial charge in [0.2, 0.25) is 0 Å². The fraction of sp³-hybridized carbons (Fsp3) is 0.714. The molecule has 18 heavy (non-hydrogen) atoms. The van der Waals surface area contributed by atoms with Crippen LogP contribution in [0.2, 0.25) is 0 Å². The second-order valence-corrected chi connectivity index (χ2v) is 4.86. The quantitative estimate of drug-likeness (QED) is 0.833. The highest BCUT2D eigenvalue weighted by Crippen LogP contribution is 2.27. The summed E-state index contributed by atoms with van der Waals surface area (Å²) in [6.45, 7) is 5.12. The Labute approximate surface area is 109 Å². The average molecular weight is 249 g/mol. The summed E-state index contributed by atoms with van der Waals surface area (Å²) in [6, 6.07) is 0.416. The van der Waals surface area contributed by atoms with E-state index in [1.165, 1.54) is 30.5 Å². The summed E-state index contributed by atoms with van der Waals surface area (Å²) >= 11 is 0. The van der Waals surface area contributed by atoms with Gasteiger partial charge in [0.05, 0.1) is 0 Å². The van der Waals surface area contributed by atoms with Crippen LogP contribution in [0.1, 0.15) is 62.3 Å². The molecule has 2 rings (SSSR count). The van der Waals surface area contributed by atoms with Crippen molar-refractivity contribution in [3.8, 4) is 0 Å². The van der Waals surface area contributed by atoms with Gasteiger partial charge in [-0.3, -0.25) is 0 Å². The number of ether oxygens (including phenoxy) is 1. The molecule has 0 amide bonds. The van der Waals surface area contributed by atoms with Crippen LogP contribution in [-0.4, -0.2) is 23.6 Å². The third-order valence-electron chi connectivity index (χ3n) is 3.62. The molecule has 0 aromatic carbocycles. The Hall–Kier alpha value is -1.00. The Morgan fingerprint density at radius 1 is 1.50 bits per heavy atom. The summed E-state index contributed by atoms with van der Waals surface area (Å²) in [5.74, 6) is 0.799. The zero-order chi connectivity index (χ0) is 13.0. The molecule has 100 valence electrons. The fourth-order valence-corrected chi connectivity index (χ4v) is 2.49. The van der Waals surface area contributed by atoms with Gasteiger partial charge in [-0.15, -0.1) is 0 Å². The minimum Gasteiger partial charge on any atom is -0.374 e. The second kappa shape index (κ2) is 6.25. The molecule has 0 bridgehead atoms. The minimum absolute atomic E-state index is 0.0314. The van der Waals surface area contributed by atoms with Gasteiger partial charge in [0.25, 0.3) is 0 Å². The highest BCUT2D eigenvalue weighted by Gasteiger charge is 2.20. The van der Waals surface area contributed by atoms with Crippen LogP contribution >= 0.6 is 0 Å². The molecule has 0 saturated carbocycles. The second-order valence-electron chi connectivity index (χ2n) is 4.86. The van der Waals surface area contributed by atoms with Crippen LogP contribution in [0.3, 0.4) is 0 Å². The van der Waals surface area contributed by atoms with Crippen LogP contribution in [-0.2, 0) is 11.2 Å². The third kappa shape index (κ3) is 2.87. The van der Waals surface area contributed by atoms with Gasteiger partial charge in [0.15, 0.2) is 5.82 Å². The monoisotopic (exact) mass is 249 g/mol. The predicted octanol–water partition coefficient (Wildman–Crippen LogP) is 2.56. The topological polar surface area (TPSA) is 47.0 Å². The molecule has 1 N–H and O–H groups in total. The maximum Gasteiger partial charge on any atom is 0.157 e. The SMILES string of the molecule is CCNC1CCCCc2nc(C(C)OC)ncc21. The van der Waals surface area contributed by atoms with E-state index in [4.69, 9.17) is 9.72 Å². The molecule has 4 heteroatoms. The molecule has 2 atom stereocenters. The standard InChI is InChI=1S/C14H23N3O/c1-4-15-12-7-5-6-8-13-11(12)9-16-14(17-13)10(2)18-3/h9-10,12,15H,4-8H2,1-3H3. The van der Waals surface area contributed by atoms with E-state index in [1.54, 1.807) is 7.11 Å². The smallest absolute Gasteiger partial charge is 0.157 e. The van der Waals surface area contributed by atoms with E-state index in [0.29, 0.717) is 6.04 Å². The molecule has 1 aliphatic rings. The molecule has 1 aromatic heterocycles. The summed E-state index contributed by atoms with van der Waals surface area (Å²) in [5.41, 5.74) is 2.48. The van der Waals surface area contributed by atoms with Gasteiger partial charge in [-0.05, 0) is 32.7 Å². The normalized spacial score (nSPS) is 21.2. The van der Waals surface area contributed by atoms with Crippen molar-refractivity contribution in [3.63, 3.8) is 0 Å². The van der Waals surface area contributed by atoms with Crippen molar-refractivity contribution in [1.29, 1.82) is 0 Å². The van der Waals surface area contributed by atoms with E-state index < -0.39 is 0 Å². The molecule has 2 unspecified atom stereocenters. The number of methoxy groups -OCH3 is 1. The van der Waals surface area contributed by atoms with Crippen LogP contribution in [0.5, 0.6) is 0 Å². The number of nitrogens with one attached hydrogen (secondary N) is 1. The first-order valence-corrected chi connectivity index (χ1v) is 6.88. The average Bonchev–Trinajstić information content (AvgIpc) is 2.60. The third-order valence-corrected chi connectivity index (χ3v) is 3.62. The Kier molecular flexibility index (Phi) is 4.66. The molecule has 1 heterocycles. The lowest BCUT2D eigenvalue weighted by molar-refractivity contribution is 0.111. The maximum atomic E-state index is 5.29. The lowest BCUT2D eigenvalue weighted by Gasteiger charge is -2.18. The Morgan fingerprint density at radius 3 is 3.06 bits per heavy atom. The molecule has 1 aromatic rings.